The maximum absolute atomic E-state index is 12.1. The van der Waals surface area contributed by atoms with Crippen LogP contribution in [0.15, 0.2) is 18.2 Å². The Hall–Kier alpha value is -2.07. The van der Waals surface area contributed by atoms with E-state index in [9.17, 15) is 15.0 Å². The van der Waals surface area contributed by atoms with Crippen molar-refractivity contribution in [3.63, 3.8) is 0 Å². The summed E-state index contributed by atoms with van der Waals surface area (Å²) in [4.78, 5) is 12.1. The molecule has 2 aromatic rings. The van der Waals surface area contributed by atoms with Crippen LogP contribution in [0.3, 0.4) is 0 Å². The number of aryl methyl sites for hydroxylation is 1. The minimum Gasteiger partial charge on any atom is -0.506 e. The van der Waals surface area contributed by atoms with Gasteiger partial charge in [-0.15, -0.1) is 0 Å². The van der Waals surface area contributed by atoms with Gasteiger partial charge in [0.15, 0.2) is 5.78 Å². The molecule has 0 saturated carbocycles. The molecule has 3 rings (SSSR count). The van der Waals surface area contributed by atoms with Gasteiger partial charge in [-0.3, -0.25) is 4.79 Å². The number of aromatic hydroxyl groups is 1. The number of phenols is 1. The summed E-state index contributed by atoms with van der Waals surface area (Å²) in [6, 6.07) is 5.50. The Balaban J connectivity index is 2.44. The average molecular weight is 272 g/mol. The zero-order valence-electron chi connectivity index (χ0n) is 11.4. The van der Waals surface area contributed by atoms with Crippen LogP contribution in [0.4, 0.5) is 0 Å². The molecule has 0 aromatic heterocycles. The fourth-order valence-corrected chi connectivity index (χ4v) is 2.91. The Morgan fingerprint density at radius 1 is 1.30 bits per heavy atom. The molecule has 0 amide bonds. The summed E-state index contributed by atoms with van der Waals surface area (Å²) in [5, 5.41) is 21.8. The summed E-state index contributed by atoms with van der Waals surface area (Å²) >= 11 is 0. The summed E-state index contributed by atoms with van der Waals surface area (Å²) in [5.41, 5.74) is 1.74. The number of aliphatic hydroxyl groups excluding tert-OH is 1. The second kappa shape index (κ2) is 4.49. The van der Waals surface area contributed by atoms with E-state index < -0.39 is 6.10 Å². The third-order valence-electron chi connectivity index (χ3n) is 3.85. The Morgan fingerprint density at radius 2 is 2.05 bits per heavy atom. The Morgan fingerprint density at radius 3 is 2.75 bits per heavy atom. The van der Waals surface area contributed by atoms with Crippen LogP contribution in [0.5, 0.6) is 11.5 Å². The highest BCUT2D eigenvalue weighted by atomic mass is 16.5. The van der Waals surface area contributed by atoms with Crippen LogP contribution in [-0.2, 0) is 0 Å². The van der Waals surface area contributed by atoms with E-state index in [1.807, 2.05) is 19.1 Å². The molecule has 1 aliphatic carbocycles. The van der Waals surface area contributed by atoms with Gasteiger partial charge < -0.3 is 14.9 Å². The molecule has 0 fully saturated rings. The molecule has 0 unspecified atom stereocenters. The van der Waals surface area contributed by atoms with Gasteiger partial charge in [-0.2, -0.15) is 0 Å². The van der Waals surface area contributed by atoms with E-state index >= 15 is 0 Å². The minimum atomic E-state index is -0.704. The lowest BCUT2D eigenvalue weighted by molar-refractivity contribution is 0.0893. The number of carbonyl (C=O) groups excluding carboxylic acids is 1. The molecule has 4 heteroatoms. The monoisotopic (exact) mass is 272 g/mol. The lowest BCUT2D eigenvalue weighted by Crippen LogP contribution is -2.15. The van der Waals surface area contributed by atoms with Gasteiger partial charge in [-0.05, 0) is 42.0 Å². The van der Waals surface area contributed by atoms with E-state index in [0.717, 1.165) is 10.9 Å². The number of carbonyl (C=O) groups is 1. The molecule has 104 valence electrons. The third kappa shape index (κ3) is 1.76. The molecule has 1 aliphatic rings. The topological polar surface area (TPSA) is 66.8 Å². The van der Waals surface area contributed by atoms with Crippen LogP contribution >= 0.6 is 0 Å². The van der Waals surface area contributed by atoms with E-state index in [0.29, 0.717) is 23.1 Å². The zero-order chi connectivity index (χ0) is 14.4. The Labute approximate surface area is 116 Å². The first-order valence-electron chi connectivity index (χ1n) is 6.58. The fraction of sp³-hybridized carbons (Fsp3) is 0.312. The fourth-order valence-electron chi connectivity index (χ4n) is 2.91. The SMILES string of the molecule is COc1cc(C)cc2cc3c(c(O)c12)C(=O)CC[C@H]3O. The molecule has 0 radical (unpaired) electrons. The van der Waals surface area contributed by atoms with Crippen molar-refractivity contribution in [3.05, 3.63) is 34.9 Å². The van der Waals surface area contributed by atoms with Gasteiger partial charge in [0.2, 0.25) is 0 Å². The first kappa shape index (κ1) is 12.9. The summed E-state index contributed by atoms with van der Waals surface area (Å²) in [6.07, 6.45) is -0.0503. The number of rotatable bonds is 1. The summed E-state index contributed by atoms with van der Waals surface area (Å²) in [7, 11) is 1.53. The number of aliphatic hydroxyl groups is 1. The highest BCUT2D eigenvalue weighted by Gasteiger charge is 2.29. The lowest BCUT2D eigenvalue weighted by Gasteiger charge is -2.23. The quantitative estimate of drug-likeness (QED) is 0.837. The van der Waals surface area contributed by atoms with Crippen LogP contribution in [0, 0.1) is 6.92 Å². The molecular formula is C16H16O4. The van der Waals surface area contributed by atoms with Crippen molar-refractivity contribution in [1.82, 2.24) is 0 Å². The molecule has 1 atom stereocenters. The van der Waals surface area contributed by atoms with Crippen molar-refractivity contribution >= 4 is 16.6 Å². The summed E-state index contributed by atoms with van der Waals surface area (Å²) in [6.45, 7) is 1.93. The molecule has 0 spiro atoms. The largest absolute Gasteiger partial charge is 0.506 e. The van der Waals surface area contributed by atoms with Crippen molar-refractivity contribution in [3.8, 4) is 11.5 Å². The maximum atomic E-state index is 12.1. The highest BCUT2D eigenvalue weighted by Crippen LogP contribution is 2.43. The second-order valence-corrected chi connectivity index (χ2v) is 5.23. The first-order valence-corrected chi connectivity index (χ1v) is 6.58. The lowest BCUT2D eigenvalue weighted by atomic mass is 9.85. The predicted octanol–water partition coefficient (Wildman–Crippen LogP) is 2.87. The standard InChI is InChI=1S/C16H16O4/c1-8-5-9-7-10-11(17)3-4-12(18)15(10)16(19)14(9)13(6-8)20-2/h5-7,11,17,19H,3-4H2,1-2H3/t11-/m1/s1. The first-order chi connectivity index (χ1) is 9.52. The second-order valence-electron chi connectivity index (χ2n) is 5.23. The van der Waals surface area contributed by atoms with Gasteiger partial charge in [0.05, 0.1) is 24.2 Å². The van der Waals surface area contributed by atoms with Crippen LogP contribution in [-0.4, -0.2) is 23.1 Å². The van der Waals surface area contributed by atoms with Crippen molar-refractivity contribution < 1.29 is 19.7 Å². The number of benzene rings is 2. The number of ketones is 1. The van der Waals surface area contributed by atoms with Gasteiger partial charge in [-0.1, -0.05) is 6.07 Å². The number of fused-ring (bicyclic) bond motifs is 2. The van der Waals surface area contributed by atoms with Crippen LogP contribution < -0.4 is 4.74 Å². The molecule has 0 heterocycles. The van der Waals surface area contributed by atoms with Gasteiger partial charge in [-0.25, -0.2) is 0 Å². The van der Waals surface area contributed by atoms with E-state index in [1.165, 1.54) is 7.11 Å². The number of methoxy groups -OCH3 is 1. The van der Waals surface area contributed by atoms with Crippen molar-refractivity contribution in [2.45, 2.75) is 25.9 Å². The maximum Gasteiger partial charge on any atom is 0.167 e. The highest BCUT2D eigenvalue weighted by molar-refractivity contribution is 6.08. The number of phenolic OH excluding ortho intramolecular Hbond substituents is 1. The molecule has 2 aromatic carbocycles. The van der Waals surface area contributed by atoms with E-state index in [2.05, 4.69) is 0 Å². The van der Waals surface area contributed by atoms with E-state index in [-0.39, 0.29) is 23.5 Å². The van der Waals surface area contributed by atoms with E-state index in [4.69, 9.17) is 4.74 Å². The molecule has 0 saturated heterocycles. The minimum absolute atomic E-state index is 0.0851. The summed E-state index contributed by atoms with van der Waals surface area (Å²) in [5.74, 6) is 0.318. The van der Waals surface area contributed by atoms with Crippen molar-refractivity contribution in [1.29, 1.82) is 0 Å². The molecule has 20 heavy (non-hydrogen) atoms. The predicted molar refractivity (Wildman–Crippen MR) is 75.4 cm³/mol. The van der Waals surface area contributed by atoms with Crippen LogP contribution in [0.25, 0.3) is 10.8 Å². The van der Waals surface area contributed by atoms with Crippen molar-refractivity contribution in [2.75, 3.05) is 7.11 Å². The smallest absolute Gasteiger partial charge is 0.167 e. The van der Waals surface area contributed by atoms with Crippen LogP contribution in [0.1, 0.15) is 40.4 Å². The number of hydrogen-bond acceptors (Lipinski definition) is 4. The Kier molecular flexibility index (Phi) is 2.91. The molecule has 4 nitrogen and oxygen atoms in total. The average Bonchev–Trinajstić information content (AvgIpc) is 2.41. The number of ether oxygens (including phenoxy) is 1. The van der Waals surface area contributed by atoms with Gasteiger partial charge in [0, 0.05) is 6.42 Å². The molecule has 0 aliphatic heterocycles. The van der Waals surface area contributed by atoms with Gasteiger partial charge in [0.1, 0.15) is 11.5 Å². The molecule has 0 bridgehead atoms. The molecular weight excluding hydrogens is 256 g/mol. The van der Waals surface area contributed by atoms with Gasteiger partial charge in [0.25, 0.3) is 0 Å². The Bertz CT molecular complexity index is 718. The van der Waals surface area contributed by atoms with E-state index in [1.54, 1.807) is 6.07 Å². The van der Waals surface area contributed by atoms with Crippen molar-refractivity contribution in [2.24, 2.45) is 0 Å². The van der Waals surface area contributed by atoms with Gasteiger partial charge >= 0.3 is 0 Å². The molecule has 2 N–H and O–H groups in total. The summed E-state index contributed by atoms with van der Waals surface area (Å²) < 4.78 is 5.31. The zero-order valence-corrected chi connectivity index (χ0v) is 11.4. The number of Topliss-reactive ketones (excluding diaryl/α,β-unsaturated/α-hetero) is 1. The third-order valence-corrected chi connectivity index (χ3v) is 3.85. The van der Waals surface area contributed by atoms with Crippen LogP contribution in [0.2, 0.25) is 0 Å². The normalized spacial score (nSPS) is 18.1. The number of hydrogen-bond donors (Lipinski definition) is 2.